The highest BCUT2D eigenvalue weighted by molar-refractivity contribution is 7.22. The number of ether oxygens (including phenoxy) is 2. The summed E-state index contributed by atoms with van der Waals surface area (Å²) in [5.74, 6) is -0.000184. The summed E-state index contributed by atoms with van der Waals surface area (Å²) in [6, 6.07) is 4.19. The Balaban J connectivity index is 1.62. The number of carbonyl (C=O) groups is 1. The normalized spacial score (nSPS) is 13.7. The van der Waals surface area contributed by atoms with Gasteiger partial charge in [0.25, 0.3) is 5.91 Å². The lowest BCUT2D eigenvalue weighted by Crippen LogP contribution is -2.35. The van der Waals surface area contributed by atoms with Gasteiger partial charge in [-0.25, -0.2) is 9.97 Å². The van der Waals surface area contributed by atoms with Gasteiger partial charge in [0.1, 0.15) is 19.5 Å². The molecule has 7 nitrogen and oxygen atoms in total. The van der Waals surface area contributed by atoms with E-state index in [0.717, 1.165) is 28.7 Å². The quantitative estimate of drug-likeness (QED) is 0.636. The third kappa shape index (κ3) is 3.87. The maximum atomic E-state index is 13.1. The number of benzene rings is 1. The molecule has 146 valence electrons. The van der Waals surface area contributed by atoms with Crippen LogP contribution in [0.25, 0.3) is 10.2 Å². The molecule has 3 heterocycles. The minimum atomic E-state index is -0.223. The van der Waals surface area contributed by atoms with Crippen molar-refractivity contribution in [3.8, 4) is 0 Å². The van der Waals surface area contributed by atoms with Gasteiger partial charge >= 0.3 is 0 Å². The molecular weight excluding hydrogens is 376 g/mol. The Bertz CT molecular complexity index is 1010. The maximum Gasteiger partial charge on any atom is 0.298 e. The van der Waals surface area contributed by atoms with Gasteiger partial charge in [-0.15, -0.1) is 0 Å². The zero-order valence-corrected chi connectivity index (χ0v) is 16.7. The molecule has 0 saturated carbocycles. The van der Waals surface area contributed by atoms with Gasteiger partial charge in [-0.3, -0.25) is 9.69 Å². The molecule has 0 fully saturated rings. The van der Waals surface area contributed by atoms with E-state index in [9.17, 15) is 4.79 Å². The van der Waals surface area contributed by atoms with Crippen LogP contribution in [0.2, 0.25) is 0 Å². The Morgan fingerprint density at radius 3 is 2.96 bits per heavy atom. The van der Waals surface area contributed by atoms with E-state index in [0.29, 0.717) is 24.9 Å². The topological polar surface area (TPSA) is 69.5 Å². The van der Waals surface area contributed by atoms with Gasteiger partial charge in [0.2, 0.25) is 5.76 Å². The number of anilines is 1. The summed E-state index contributed by atoms with van der Waals surface area (Å²) < 4.78 is 13.9. The van der Waals surface area contributed by atoms with Crippen molar-refractivity contribution >= 4 is 32.6 Å². The summed E-state index contributed by atoms with van der Waals surface area (Å²) in [5.41, 5.74) is 3.24. The molecule has 4 rings (SSSR count). The highest BCUT2D eigenvalue weighted by atomic mass is 32.1. The molecule has 2 aromatic heterocycles. The van der Waals surface area contributed by atoms with Crippen LogP contribution in [0.4, 0.5) is 5.13 Å². The Morgan fingerprint density at radius 2 is 2.21 bits per heavy atom. The summed E-state index contributed by atoms with van der Waals surface area (Å²) in [6.45, 7) is 6.25. The summed E-state index contributed by atoms with van der Waals surface area (Å²) in [5, 5.41) is 0.675. The second-order valence-corrected chi connectivity index (χ2v) is 7.72. The fourth-order valence-corrected chi connectivity index (χ4v) is 4.25. The summed E-state index contributed by atoms with van der Waals surface area (Å²) >= 11 is 1.53. The summed E-state index contributed by atoms with van der Waals surface area (Å²) in [6.07, 6.45) is 7.61. The van der Waals surface area contributed by atoms with Crippen molar-refractivity contribution < 1.29 is 14.3 Å². The molecule has 1 aromatic carbocycles. The smallest absolute Gasteiger partial charge is 0.298 e. The lowest BCUT2D eigenvalue weighted by molar-refractivity contribution is -0.119. The van der Waals surface area contributed by atoms with E-state index in [2.05, 4.69) is 31.0 Å². The van der Waals surface area contributed by atoms with E-state index < -0.39 is 0 Å². The molecule has 28 heavy (non-hydrogen) atoms. The average Bonchev–Trinajstić information content (AvgIpc) is 3.35. The lowest BCUT2D eigenvalue weighted by atomic mass is 10.1. The van der Waals surface area contributed by atoms with Crippen molar-refractivity contribution in [2.45, 2.75) is 26.8 Å². The Labute approximate surface area is 167 Å². The molecule has 3 aromatic rings. The van der Waals surface area contributed by atoms with Crippen molar-refractivity contribution in [1.29, 1.82) is 0 Å². The average molecular weight is 398 g/mol. The number of imidazole rings is 1. The first-order valence-corrected chi connectivity index (χ1v) is 10.0. The van der Waals surface area contributed by atoms with Gasteiger partial charge < -0.3 is 14.0 Å². The minimum Gasteiger partial charge on any atom is -0.494 e. The van der Waals surface area contributed by atoms with Crippen LogP contribution in [-0.4, -0.2) is 40.2 Å². The van der Waals surface area contributed by atoms with Gasteiger partial charge in [0.15, 0.2) is 5.13 Å². The van der Waals surface area contributed by atoms with Crippen molar-refractivity contribution in [3.05, 3.63) is 54.0 Å². The Hall–Kier alpha value is -2.87. The van der Waals surface area contributed by atoms with Crippen molar-refractivity contribution in [2.75, 3.05) is 24.7 Å². The number of fused-ring (bicyclic) bond motifs is 1. The monoisotopic (exact) mass is 398 g/mol. The number of hydrogen-bond donors (Lipinski definition) is 0. The first-order valence-electron chi connectivity index (χ1n) is 9.22. The SMILES string of the molecule is Cc1cc(C)c2sc(N(CCCn3ccnc3)C(=O)C3=COCCO3)nc2c1. The number of hydrogen-bond acceptors (Lipinski definition) is 6. The number of thiazole rings is 1. The second-order valence-electron chi connectivity index (χ2n) is 6.74. The predicted octanol–water partition coefficient (Wildman–Crippen LogP) is 3.42. The van der Waals surface area contributed by atoms with Crippen LogP contribution in [0.5, 0.6) is 0 Å². The standard InChI is InChI=1S/C20H22N4O3S/c1-14-10-15(2)18-16(11-14)22-20(28-18)24(6-3-5-23-7-4-21-13-23)19(25)17-12-26-8-9-27-17/h4,7,10-13H,3,5-6,8-9H2,1-2H3. The molecule has 0 N–H and O–H groups in total. The number of carbonyl (C=O) groups excluding carboxylic acids is 1. The molecule has 0 radical (unpaired) electrons. The van der Waals surface area contributed by atoms with E-state index in [1.165, 1.54) is 23.2 Å². The van der Waals surface area contributed by atoms with Crippen molar-refractivity contribution in [2.24, 2.45) is 0 Å². The van der Waals surface area contributed by atoms with Crippen LogP contribution >= 0.6 is 11.3 Å². The van der Waals surface area contributed by atoms with Gasteiger partial charge in [0.05, 0.1) is 16.5 Å². The number of aromatic nitrogens is 3. The van der Waals surface area contributed by atoms with E-state index in [-0.39, 0.29) is 11.7 Å². The number of nitrogens with zero attached hydrogens (tertiary/aromatic N) is 4. The summed E-state index contributed by atoms with van der Waals surface area (Å²) in [4.78, 5) is 23.6. The van der Waals surface area contributed by atoms with Gasteiger partial charge in [0, 0.05) is 25.5 Å². The van der Waals surface area contributed by atoms with Crippen LogP contribution in [0.1, 0.15) is 17.5 Å². The molecule has 0 spiro atoms. The van der Waals surface area contributed by atoms with Gasteiger partial charge in [-0.05, 0) is 37.5 Å². The molecule has 1 amide bonds. The van der Waals surface area contributed by atoms with Crippen LogP contribution < -0.4 is 4.90 Å². The van der Waals surface area contributed by atoms with Crippen molar-refractivity contribution in [1.82, 2.24) is 14.5 Å². The molecule has 0 atom stereocenters. The van der Waals surface area contributed by atoms with Gasteiger partial charge in [-0.2, -0.15) is 0 Å². The molecule has 0 unspecified atom stereocenters. The van der Waals surface area contributed by atoms with E-state index in [1.54, 1.807) is 17.4 Å². The highest BCUT2D eigenvalue weighted by Gasteiger charge is 2.26. The molecular formula is C20H22N4O3S. The van der Waals surface area contributed by atoms with E-state index in [1.807, 2.05) is 10.8 Å². The zero-order valence-electron chi connectivity index (χ0n) is 15.9. The zero-order chi connectivity index (χ0) is 19.5. The van der Waals surface area contributed by atoms with E-state index in [4.69, 9.17) is 14.5 Å². The van der Waals surface area contributed by atoms with Crippen LogP contribution in [0.3, 0.4) is 0 Å². The van der Waals surface area contributed by atoms with Gasteiger partial charge in [-0.1, -0.05) is 17.4 Å². The molecule has 1 aliphatic heterocycles. The third-order valence-electron chi connectivity index (χ3n) is 4.50. The molecule has 0 bridgehead atoms. The molecule has 0 saturated heterocycles. The van der Waals surface area contributed by atoms with Crippen LogP contribution in [-0.2, 0) is 20.8 Å². The fraction of sp³-hybridized carbons (Fsp3) is 0.350. The van der Waals surface area contributed by atoms with Crippen LogP contribution in [0, 0.1) is 13.8 Å². The van der Waals surface area contributed by atoms with Crippen LogP contribution in [0.15, 0.2) is 42.9 Å². The molecule has 1 aliphatic rings. The summed E-state index contributed by atoms with van der Waals surface area (Å²) in [7, 11) is 0. The largest absolute Gasteiger partial charge is 0.494 e. The number of aryl methyl sites for hydroxylation is 3. The number of rotatable bonds is 6. The predicted molar refractivity (Wildman–Crippen MR) is 108 cm³/mol. The lowest BCUT2D eigenvalue weighted by Gasteiger charge is -2.23. The Morgan fingerprint density at radius 1 is 1.32 bits per heavy atom. The Kier molecular flexibility index (Phi) is 5.29. The van der Waals surface area contributed by atoms with E-state index >= 15 is 0 Å². The fourth-order valence-electron chi connectivity index (χ4n) is 3.21. The van der Waals surface area contributed by atoms with Crippen molar-refractivity contribution in [3.63, 3.8) is 0 Å². The first kappa shape index (κ1) is 18.5. The maximum absolute atomic E-state index is 13.1. The third-order valence-corrected chi connectivity index (χ3v) is 5.73. The highest BCUT2D eigenvalue weighted by Crippen LogP contribution is 2.33. The molecule has 8 heteroatoms. The first-order chi connectivity index (χ1) is 13.6. The second kappa shape index (κ2) is 8.02. The molecule has 0 aliphatic carbocycles. The number of amides is 1. The minimum absolute atomic E-state index is 0.223.